The van der Waals surface area contributed by atoms with Crippen LogP contribution in [0, 0.1) is 0 Å². The Kier molecular flexibility index (Phi) is 17.0. The quantitative estimate of drug-likeness (QED) is 0.125. The topological polar surface area (TPSA) is 252 Å². The van der Waals surface area contributed by atoms with Gasteiger partial charge < -0.3 is 56.8 Å². The number of hydrogen-bond donors (Lipinski definition) is 0. The summed E-state index contributed by atoms with van der Waals surface area (Å²) in [7, 11) is 1.20. The maximum absolute atomic E-state index is 13.2. The van der Waals surface area contributed by atoms with Crippen molar-refractivity contribution in [2.24, 2.45) is 4.99 Å². The van der Waals surface area contributed by atoms with Crippen molar-refractivity contribution in [3.8, 4) is 0 Å². The van der Waals surface area contributed by atoms with Gasteiger partial charge in [-0.15, -0.1) is 0 Å². The van der Waals surface area contributed by atoms with E-state index in [9.17, 15) is 33.6 Å². The standard InChI is InChI=1S/C43H51NO20/c1-22(45)53-20-31-34(56-24(3)47)36(57-25(4)48)38(59-27(6)50)41(60-31)62-35-32(21-54-23(2)46)61-42-39(37(35)58-26(5)49)63-43(7,64-42)55-19-30(40(51)52-8)44-33(28-15-11-9-12-16-28)29-17-13-10-14-18-29/h9-18,30-32,34-39,41-42H,19-21H2,1-8H3/t30-,31+,32+,34-,35+,36-,37-,38+,39+,41-,42+,43-/m0/s1. The molecule has 0 unspecified atom stereocenters. The number of hydrogen-bond acceptors (Lipinski definition) is 21. The molecule has 0 saturated carbocycles. The Bertz CT molecular complexity index is 1970. The Hall–Kier alpha value is -5.84. The van der Waals surface area contributed by atoms with Gasteiger partial charge in [-0.1, -0.05) is 60.7 Å². The normalized spacial score (nSPS) is 28.8. The molecule has 0 radical (unpaired) electrons. The highest BCUT2D eigenvalue weighted by Crippen LogP contribution is 2.41. The van der Waals surface area contributed by atoms with E-state index in [4.69, 9.17) is 66.6 Å². The monoisotopic (exact) mass is 901 g/mol. The summed E-state index contributed by atoms with van der Waals surface area (Å²) in [5.41, 5.74) is 1.86. The lowest BCUT2D eigenvalue weighted by Gasteiger charge is -2.47. The summed E-state index contributed by atoms with van der Waals surface area (Å²) < 4.78 is 75.2. The Morgan fingerprint density at radius 1 is 0.609 bits per heavy atom. The molecule has 2 aromatic rings. The predicted octanol–water partition coefficient (Wildman–Crippen LogP) is 1.86. The zero-order valence-corrected chi connectivity index (χ0v) is 36.4. The second-order valence-electron chi connectivity index (χ2n) is 14.7. The van der Waals surface area contributed by atoms with E-state index < -0.39 is 135 Å². The van der Waals surface area contributed by atoms with Crippen LogP contribution in [0.2, 0.25) is 0 Å². The van der Waals surface area contributed by atoms with Crippen molar-refractivity contribution in [1.29, 1.82) is 0 Å². The van der Waals surface area contributed by atoms with Crippen molar-refractivity contribution >= 4 is 47.5 Å². The van der Waals surface area contributed by atoms with Crippen molar-refractivity contribution < 1.29 is 95.1 Å². The fourth-order valence-electron chi connectivity index (χ4n) is 7.12. The second-order valence-corrected chi connectivity index (χ2v) is 14.7. The minimum atomic E-state index is -2.04. The van der Waals surface area contributed by atoms with Crippen molar-refractivity contribution in [3.05, 3.63) is 71.8 Å². The Balaban J connectivity index is 1.50. The first-order valence-corrected chi connectivity index (χ1v) is 20.1. The fraction of sp³-hybridized carbons (Fsp3) is 0.535. The molecule has 64 heavy (non-hydrogen) atoms. The largest absolute Gasteiger partial charge is 0.467 e. The van der Waals surface area contributed by atoms with E-state index in [1.54, 1.807) is 0 Å². The van der Waals surface area contributed by atoms with Crippen LogP contribution in [0.15, 0.2) is 65.7 Å². The maximum Gasteiger partial charge on any atom is 0.333 e. The van der Waals surface area contributed by atoms with Crippen LogP contribution in [-0.2, 0) is 95.1 Å². The number of nitrogens with zero attached hydrogens (tertiary/aromatic N) is 1. The number of carbonyl (C=O) groups excluding carboxylic acids is 7. The molecule has 21 heteroatoms. The summed E-state index contributed by atoms with van der Waals surface area (Å²) in [5.74, 6) is -7.80. The van der Waals surface area contributed by atoms with E-state index in [2.05, 4.69) is 0 Å². The number of rotatable bonds is 17. The van der Waals surface area contributed by atoms with E-state index in [0.717, 1.165) is 41.5 Å². The summed E-state index contributed by atoms with van der Waals surface area (Å²) in [6.07, 6.45) is -15.3. The average Bonchev–Trinajstić information content (AvgIpc) is 3.58. The highest BCUT2D eigenvalue weighted by Gasteiger charge is 2.61. The van der Waals surface area contributed by atoms with E-state index in [-0.39, 0.29) is 0 Å². The van der Waals surface area contributed by atoms with Gasteiger partial charge in [0.15, 0.2) is 49.1 Å². The molecule has 0 aromatic heterocycles. The molecule has 0 N–H and O–H groups in total. The summed E-state index contributed by atoms with van der Waals surface area (Å²) in [6.45, 7) is 6.26. The first-order valence-electron chi connectivity index (χ1n) is 20.1. The van der Waals surface area contributed by atoms with Crippen LogP contribution in [0.5, 0.6) is 0 Å². The third kappa shape index (κ3) is 13.1. The summed E-state index contributed by atoms with van der Waals surface area (Å²) >= 11 is 0. The highest BCUT2D eigenvalue weighted by molar-refractivity contribution is 6.13. The zero-order chi connectivity index (χ0) is 46.7. The molecule has 0 aliphatic carbocycles. The van der Waals surface area contributed by atoms with Gasteiger partial charge in [-0.25, -0.2) is 4.79 Å². The number of benzene rings is 2. The van der Waals surface area contributed by atoms with E-state index in [1.165, 1.54) is 14.0 Å². The Morgan fingerprint density at radius 3 is 1.59 bits per heavy atom. The summed E-state index contributed by atoms with van der Waals surface area (Å²) in [4.78, 5) is 92.2. The number of esters is 7. The molecule has 3 heterocycles. The van der Waals surface area contributed by atoms with E-state index in [0.29, 0.717) is 16.8 Å². The van der Waals surface area contributed by atoms with Gasteiger partial charge in [0.25, 0.3) is 5.97 Å². The van der Waals surface area contributed by atoms with Crippen LogP contribution in [-0.4, -0.2) is 148 Å². The van der Waals surface area contributed by atoms with Gasteiger partial charge in [0.2, 0.25) is 0 Å². The Morgan fingerprint density at radius 2 is 1.09 bits per heavy atom. The molecule has 21 nitrogen and oxygen atoms in total. The third-order valence-electron chi connectivity index (χ3n) is 9.62. The number of methoxy groups -OCH3 is 1. The van der Waals surface area contributed by atoms with Crippen molar-refractivity contribution in [3.63, 3.8) is 0 Å². The van der Waals surface area contributed by atoms with E-state index >= 15 is 0 Å². The van der Waals surface area contributed by atoms with Crippen LogP contribution in [0.4, 0.5) is 0 Å². The van der Waals surface area contributed by atoms with Gasteiger partial charge in [-0.3, -0.25) is 38.5 Å². The summed E-state index contributed by atoms with van der Waals surface area (Å²) in [6, 6.07) is 17.0. The minimum absolute atomic E-state index is 0.459. The predicted molar refractivity (Wildman–Crippen MR) is 212 cm³/mol. The number of fused-ring (bicyclic) bond motifs is 1. The molecule has 0 amide bonds. The van der Waals surface area contributed by atoms with Gasteiger partial charge in [0, 0.05) is 59.6 Å². The third-order valence-corrected chi connectivity index (χ3v) is 9.62. The van der Waals surface area contributed by atoms with E-state index in [1.807, 2.05) is 60.7 Å². The average molecular weight is 902 g/mol. The van der Waals surface area contributed by atoms with Crippen molar-refractivity contribution in [2.75, 3.05) is 26.9 Å². The van der Waals surface area contributed by atoms with Crippen LogP contribution in [0.3, 0.4) is 0 Å². The molecule has 0 spiro atoms. The molecule has 2 aromatic carbocycles. The maximum atomic E-state index is 13.2. The molecule has 3 aliphatic heterocycles. The fourth-order valence-corrected chi connectivity index (χ4v) is 7.12. The SMILES string of the molecule is COC(=O)[C@H](CO[C@]1(C)O[C@H]2O[C@H](COC(C)=O)[C@@H](O[C@@H]3O[C@H](COC(C)=O)[C@H](OC(C)=O)[C@H](OC(C)=O)[C@H]3OC(C)=O)[C@H](OC(C)=O)[C@H]2O1)N=C(c1ccccc1)c1ccccc1. The second kappa shape index (κ2) is 22.2. The molecule has 348 valence electrons. The molecular formula is C43H51NO20. The van der Waals surface area contributed by atoms with Gasteiger partial charge in [0.05, 0.1) is 19.4 Å². The highest BCUT2D eigenvalue weighted by atomic mass is 16.9. The van der Waals surface area contributed by atoms with Crippen LogP contribution >= 0.6 is 0 Å². The van der Waals surface area contributed by atoms with Crippen LogP contribution < -0.4 is 0 Å². The molecular weight excluding hydrogens is 850 g/mol. The van der Waals surface area contributed by atoms with Gasteiger partial charge in [-0.2, -0.15) is 0 Å². The van der Waals surface area contributed by atoms with Gasteiger partial charge >= 0.3 is 41.8 Å². The zero-order valence-electron chi connectivity index (χ0n) is 36.4. The lowest BCUT2D eigenvalue weighted by atomic mass is 9.96. The molecule has 3 fully saturated rings. The van der Waals surface area contributed by atoms with Crippen LogP contribution in [0.1, 0.15) is 59.6 Å². The number of ether oxygens (including phenoxy) is 13. The molecule has 5 rings (SSSR count). The van der Waals surface area contributed by atoms with Crippen molar-refractivity contribution in [1.82, 2.24) is 0 Å². The first-order chi connectivity index (χ1) is 30.4. The molecule has 3 aliphatic rings. The molecule has 3 saturated heterocycles. The van der Waals surface area contributed by atoms with Gasteiger partial charge in [0.1, 0.15) is 31.5 Å². The minimum Gasteiger partial charge on any atom is -0.467 e. The number of carbonyl (C=O) groups is 7. The Labute approximate surface area is 367 Å². The lowest BCUT2D eigenvalue weighted by Crippen LogP contribution is -2.66. The smallest absolute Gasteiger partial charge is 0.333 e. The van der Waals surface area contributed by atoms with Crippen LogP contribution in [0.25, 0.3) is 0 Å². The van der Waals surface area contributed by atoms with Crippen molar-refractivity contribution in [2.45, 2.75) is 122 Å². The molecule has 12 atom stereocenters. The molecule has 0 bridgehead atoms. The number of aliphatic imine (C=N–C) groups is 1. The van der Waals surface area contributed by atoms with Gasteiger partial charge in [-0.05, 0) is 0 Å². The lowest BCUT2D eigenvalue weighted by molar-refractivity contribution is -0.352. The first kappa shape index (κ1) is 49.2. The summed E-state index contributed by atoms with van der Waals surface area (Å²) in [5, 5.41) is 0.